The first-order valence-electron chi connectivity index (χ1n) is 7.21. The molecule has 2 aromatic rings. The number of ether oxygens (including phenoxy) is 1. The van der Waals surface area contributed by atoms with Gasteiger partial charge in [-0.15, -0.1) is 11.8 Å². The van der Waals surface area contributed by atoms with Crippen molar-refractivity contribution in [1.82, 2.24) is 0 Å². The Morgan fingerprint density at radius 1 is 1.15 bits per heavy atom. The van der Waals surface area contributed by atoms with Crippen LogP contribution in [0.25, 0.3) is 0 Å². The normalized spacial score (nSPS) is 11.0. The molecule has 0 radical (unpaired) electrons. The summed E-state index contributed by atoms with van der Waals surface area (Å²) in [7, 11) is 0. The van der Waals surface area contributed by atoms with Gasteiger partial charge in [-0.3, -0.25) is 14.9 Å². The number of para-hydroxylation sites is 3. The Balaban J connectivity index is 1.99. The molecule has 6 nitrogen and oxygen atoms in total. The van der Waals surface area contributed by atoms with Gasteiger partial charge in [-0.25, -0.2) is 0 Å². The van der Waals surface area contributed by atoms with E-state index in [1.54, 1.807) is 12.1 Å². The number of carbonyl (C=O) groups excluding carboxylic acids is 1. The Bertz CT molecular complexity index is 799. The smallest absolute Gasteiger partial charge is 0.398 e. The van der Waals surface area contributed by atoms with E-state index in [2.05, 4.69) is 5.32 Å². The molecule has 0 aliphatic carbocycles. The van der Waals surface area contributed by atoms with Crippen molar-refractivity contribution in [2.24, 2.45) is 0 Å². The molecular weight excluding hydrogens is 373 g/mol. The monoisotopic (exact) mass is 386 g/mol. The van der Waals surface area contributed by atoms with Crippen LogP contribution in [0.2, 0.25) is 0 Å². The molecule has 0 aliphatic heterocycles. The summed E-state index contributed by atoms with van der Waals surface area (Å²) in [5.41, 5.74) is -0.0839. The summed E-state index contributed by atoms with van der Waals surface area (Å²) in [6, 6.07) is 11.6. The van der Waals surface area contributed by atoms with E-state index in [9.17, 15) is 28.1 Å². The number of rotatable bonds is 7. The predicted octanol–water partition coefficient (Wildman–Crippen LogP) is 4.27. The molecule has 10 heteroatoms. The zero-order valence-electron chi connectivity index (χ0n) is 13.2. The van der Waals surface area contributed by atoms with Crippen molar-refractivity contribution in [2.75, 3.05) is 17.7 Å². The van der Waals surface area contributed by atoms with Gasteiger partial charge in [0.2, 0.25) is 0 Å². The molecule has 1 amide bonds. The van der Waals surface area contributed by atoms with Gasteiger partial charge in [0, 0.05) is 11.0 Å². The molecule has 0 spiro atoms. The van der Waals surface area contributed by atoms with Gasteiger partial charge >= 0.3 is 11.9 Å². The van der Waals surface area contributed by atoms with E-state index in [1.807, 2.05) is 0 Å². The fourth-order valence-corrected chi connectivity index (χ4v) is 2.68. The zero-order valence-corrected chi connectivity index (χ0v) is 14.0. The fraction of sp³-hybridized carbons (Fsp3) is 0.188. The molecule has 1 N–H and O–H groups in total. The summed E-state index contributed by atoms with van der Waals surface area (Å²) >= 11 is 0.547. The third kappa shape index (κ3) is 5.96. The molecule has 0 aliphatic rings. The standard InChI is InChI=1S/C16H13F3N2O4S/c17-16(18,19)10-26-14-8-4-1-5-11(14)20-15(22)9-25-13-7-3-2-6-12(13)21(23)24/h1-8H,9-10H2,(H,20,22). The largest absolute Gasteiger partial charge is 0.477 e. The molecule has 0 saturated heterocycles. The van der Waals surface area contributed by atoms with Gasteiger partial charge in [-0.1, -0.05) is 24.3 Å². The minimum absolute atomic E-state index is 0.0765. The summed E-state index contributed by atoms with van der Waals surface area (Å²) in [5, 5.41) is 13.3. The van der Waals surface area contributed by atoms with E-state index in [4.69, 9.17) is 4.74 Å². The molecular formula is C16H13F3N2O4S. The summed E-state index contributed by atoms with van der Waals surface area (Å²) < 4.78 is 42.2. The quantitative estimate of drug-likeness (QED) is 0.437. The second kappa shape index (κ2) is 8.56. The lowest BCUT2D eigenvalue weighted by Crippen LogP contribution is -2.21. The number of amides is 1. The number of benzene rings is 2. The van der Waals surface area contributed by atoms with Gasteiger partial charge in [0.05, 0.1) is 16.4 Å². The van der Waals surface area contributed by atoms with Crippen LogP contribution in [-0.2, 0) is 4.79 Å². The minimum atomic E-state index is -4.34. The van der Waals surface area contributed by atoms with E-state index in [1.165, 1.54) is 36.4 Å². The summed E-state index contributed by atoms with van der Waals surface area (Å²) in [6.07, 6.45) is -4.34. The van der Waals surface area contributed by atoms with E-state index < -0.39 is 29.4 Å². The van der Waals surface area contributed by atoms with Crippen LogP contribution >= 0.6 is 11.8 Å². The lowest BCUT2D eigenvalue weighted by molar-refractivity contribution is -0.385. The van der Waals surface area contributed by atoms with Gasteiger partial charge in [0.25, 0.3) is 5.91 Å². The molecule has 138 valence electrons. The third-order valence-corrected chi connectivity index (χ3v) is 4.11. The Hall–Kier alpha value is -2.75. The van der Waals surface area contributed by atoms with Crippen LogP contribution in [-0.4, -0.2) is 29.4 Å². The van der Waals surface area contributed by atoms with Gasteiger partial charge < -0.3 is 10.1 Å². The van der Waals surface area contributed by atoms with Gasteiger partial charge in [-0.05, 0) is 18.2 Å². The second-order valence-corrected chi connectivity index (χ2v) is 5.98. The summed E-state index contributed by atoms with van der Waals surface area (Å²) in [6.45, 7) is -0.525. The number of nitrogens with zero attached hydrogens (tertiary/aromatic N) is 1. The highest BCUT2D eigenvalue weighted by molar-refractivity contribution is 7.99. The van der Waals surface area contributed by atoms with Gasteiger partial charge in [-0.2, -0.15) is 13.2 Å². The zero-order chi connectivity index (χ0) is 19.2. The third-order valence-electron chi connectivity index (χ3n) is 2.97. The number of alkyl halides is 3. The molecule has 0 heterocycles. The van der Waals surface area contributed by atoms with Crippen molar-refractivity contribution in [3.05, 3.63) is 58.6 Å². The van der Waals surface area contributed by atoms with Gasteiger partial charge in [0.15, 0.2) is 12.4 Å². The van der Waals surface area contributed by atoms with Crippen LogP contribution in [0.5, 0.6) is 5.75 Å². The minimum Gasteiger partial charge on any atom is -0.477 e. The summed E-state index contributed by atoms with van der Waals surface area (Å²) in [4.78, 5) is 22.5. The van der Waals surface area contributed by atoms with Crippen molar-refractivity contribution in [2.45, 2.75) is 11.1 Å². The molecule has 26 heavy (non-hydrogen) atoms. The Labute approximate surface area is 150 Å². The number of hydrogen-bond donors (Lipinski definition) is 1. The number of nitro groups is 1. The number of thioether (sulfide) groups is 1. The fourth-order valence-electron chi connectivity index (χ4n) is 1.91. The number of anilines is 1. The first-order chi connectivity index (χ1) is 12.3. The highest BCUT2D eigenvalue weighted by Gasteiger charge is 2.27. The molecule has 2 aromatic carbocycles. The van der Waals surface area contributed by atoms with Crippen molar-refractivity contribution in [3.63, 3.8) is 0 Å². The number of nitrogens with one attached hydrogen (secondary N) is 1. The SMILES string of the molecule is O=C(COc1ccccc1[N+](=O)[O-])Nc1ccccc1SCC(F)(F)F. The summed E-state index contributed by atoms with van der Waals surface area (Å²) in [5.74, 6) is -1.82. The second-order valence-electron chi connectivity index (χ2n) is 4.96. The van der Waals surface area contributed by atoms with Crippen LogP contribution in [0, 0.1) is 10.1 Å². The number of carbonyl (C=O) groups is 1. The topological polar surface area (TPSA) is 81.5 Å². The van der Waals surface area contributed by atoms with Crippen LogP contribution in [0.1, 0.15) is 0 Å². The number of hydrogen-bond acceptors (Lipinski definition) is 5. The molecule has 0 atom stereocenters. The number of nitro benzene ring substituents is 1. The van der Waals surface area contributed by atoms with Gasteiger partial charge in [0.1, 0.15) is 0 Å². The Kier molecular flexibility index (Phi) is 6.45. The van der Waals surface area contributed by atoms with Crippen molar-refractivity contribution in [3.8, 4) is 5.75 Å². The molecule has 0 saturated carbocycles. The number of halogens is 3. The van der Waals surface area contributed by atoms with Crippen molar-refractivity contribution in [1.29, 1.82) is 0 Å². The first kappa shape index (κ1) is 19.6. The molecule has 0 bridgehead atoms. The van der Waals surface area contributed by atoms with E-state index in [0.29, 0.717) is 11.8 Å². The maximum absolute atomic E-state index is 12.4. The van der Waals surface area contributed by atoms with Crippen molar-refractivity contribution < 1.29 is 27.6 Å². The van der Waals surface area contributed by atoms with Crippen LogP contribution in [0.4, 0.5) is 24.5 Å². The van der Waals surface area contributed by atoms with E-state index in [0.717, 1.165) is 0 Å². The highest BCUT2D eigenvalue weighted by Crippen LogP contribution is 2.32. The van der Waals surface area contributed by atoms with Crippen LogP contribution in [0.15, 0.2) is 53.4 Å². The lowest BCUT2D eigenvalue weighted by Gasteiger charge is -2.12. The molecule has 0 aromatic heterocycles. The average Bonchev–Trinajstić information content (AvgIpc) is 2.58. The highest BCUT2D eigenvalue weighted by atomic mass is 32.2. The first-order valence-corrected chi connectivity index (χ1v) is 8.19. The van der Waals surface area contributed by atoms with E-state index >= 15 is 0 Å². The van der Waals surface area contributed by atoms with Crippen LogP contribution < -0.4 is 10.1 Å². The average molecular weight is 386 g/mol. The van der Waals surface area contributed by atoms with Crippen molar-refractivity contribution >= 4 is 29.0 Å². The maximum atomic E-state index is 12.4. The predicted molar refractivity (Wildman–Crippen MR) is 90.4 cm³/mol. The Morgan fingerprint density at radius 3 is 2.50 bits per heavy atom. The molecule has 0 unspecified atom stereocenters. The lowest BCUT2D eigenvalue weighted by atomic mass is 10.3. The molecule has 0 fully saturated rings. The Morgan fingerprint density at radius 2 is 1.81 bits per heavy atom. The maximum Gasteiger partial charge on any atom is 0.398 e. The molecule has 2 rings (SSSR count). The van der Waals surface area contributed by atoms with E-state index in [-0.39, 0.29) is 22.0 Å². The van der Waals surface area contributed by atoms with Crippen LogP contribution in [0.3, 0.4) is 0 Å².